The number of carbonyl (C=O) groups excluding carboxylic acids is 2. The Balaban J connectivity index is 2.39. The minimum atomic E-state index is -1.67. The van der Waals surface area contributed by atoms with Crippen molar-refractivity contribution in [2.45, 2.75) is 57.6 Å². The van der Waals surface area contributed by atoms with Gasteiger partial charge in [-0.05, 0) is 30.7 Å². The van der Waals surface area contributed by atoms with Crippen LogP contribution < -0.4 is 11.1 Å². The maximum atomic E-state index is 13.2. The molecular weight excluding hydrogens is 345 g/mol. The van der Waals surface area contributed by atoms with E-state index in [4.69, 9.17) is 5.73 Å². The summed E-state index contributed by atoms with van der Waals surface area (Å²) in [6, 6.07) is 8.16. The van der Waals surface area contributed by atoms with Crippen LogP contribution in [0.2, 0.25) is 0 Å². The molecule has 1 aromatic carbocycles. The van der Waals surface area contributed by atoms with E-state index in [1.165, 1.54) is 4.90 Å². The Kier molecular flexibility index (Phi) is 7.03. The van der Waals surface area contributed by atoms with Crippen LogP contribution in [0, 0.1) is 5.92 Å². The molecule has 0 aliphatic carbocycles. The van der Waals surface area contributed by atoms with E-state index in [1.54, 1.807) is 31.2 Å². The van der Waals surface area contributed by atoms with Crippen molar-refractivity contribution in [3.05, 3.63) is 35.9 Å². The molecule has 2 unspecified atom stereocenters. The first kappa shape index (κ1) is 21.4. The fraction of sp³-hybridized carbons (Fsp3) is 0.579. The predicted octanol–water partition coefficient (Wildman–Crippen LogP) is 0.610. The summed E-state index contributed by atoms with van der Waals surface area (Å²) in [5.74, 6) is -1.56. The first-order valence-corrected chi connectivity index (χ1v) is 9.53. The van der Waals surface area contributed by atoms with Crippen molar-refractivity contribution in [3.8, 4) is 0 Å². The Bertz CT molecular complexity index is 656. The van der Waals surface area contributed by atoms with Gasteiger partial charge < -0.3 is 26.0 Å². The maximum Gasteiger partial charge on any atom is 0.475 e. The zero-order valence-electron chi connectivity index (χ0n) is 16.3. The molecule has 0 radical (unpaired) electrons. The number of rotatable bonds is 7. The zero-order chi connectivity index (χ0) is 20.2. The third-order valence-corrected chi connectivity index (χ3v) is 5.48. The number of nitrogens with two attached hydrogens (primary N) is 1. The summed E-state index contributed by atoms with van der Waals surface area (Å²) in [5.41, 5.74) is 6.08. The summed E-state index contributed by atoms with van der Waals surface area (Å²) in [5, 5.41) is 21.6. The second kappa shape index (κ2) is 8.86. The molecule has 1 heterocycles. The Labute approximate surface area is 161 Å². The molecule has 2 amide bonds. The molecule has 3 atom stereocenters. The largest absolute Gasteiger partial charge is 0.475 e. The van der Waals surface area contributed by atoms with Crippen LogP contribution in [-0.4, -0.2) is 51.9 Å². The number of likely N-dealkylation sites (tertiary alicyclic amines) is 1. The van der Waals surface area contributed by atoms with Crippen molar-refractivity contribution in [3.63, 3.8) is 0 Å². The maximum absolute atomic E-state index is 13.2. The van der Waals surface area contributed by atoms with Crippen LogP contribution in [0.1, 0.15) is 51.6 Å². The molecule has 148 valence electrons. The van der Waals surface area contributed by atoms with Crippen molar-refractivity contribution in [2.75, 3.05) is 6.54 Å². The third-order valence-electron chi connectivity index (χ3n) is 5.48. The first-order valence-electron chi connectivity index (χ1n) is 9.53. The van der Waals surface area contributed by atoms with Gasteiger partial charge in [-0.3, -0.25) is 9.59 Å². The van der Waals surface area contributed by atoms with Crippen LogP contribution in [0.5, 0.6) is 0 Å². The number of benzene rings is 1. The molecule has 2 rings (SSSR count). The summed E-state index contributed by atoms with van der Waals surface area (Å²) in [6.45, 7) is 6.00. The smallest absolute Gasteiger partial charge is 0.426 e. The summed E-state index contributed by atoms with van der Waals surface area (Å²) in [7, 11) is -1.67. The number of nitrogens with one attached hydrogen (secondary N) is 1. The molecule has 27 heavy (non-hydrogen) atoms. The molecular formula is C19H30BN3O4. The van der Waals surface area contributed by atoms with E-state index in [0.717, 1.165) is 0 Å². The Morgan fingerprint density at radius 2 is 1.96 bits per heavy atom. The van der Waals surface area contributed by atoms with Gasteiger partial charge >= 0.3 is 7.12 Å². The fourth-order valence-electron chi connectivity index (χ4n) is 3.56. The Morgan fingerprint density at radius 1 is 1.33 bits per heavy atom. The number of carbonyl (C=O) groups is 2. The monoisotopic (exact) mass is 375 g/mol. The SMILES string of the molecule is CCC(NC(=O)[C@H](c1ccccc1)N1CCCC(N)(C(C)C)C1=O)B(O)O. The van der Waals surface area contributed by atoms with E-state index in [1.807, 2.05) is 19.9 Å². The van der Waals surface area contributed by atoms with Gasteiger partial charge in [0.2, 0.25) is 11.8 Å². The highest BCUT2D eigenvalue weighted by atomic mass is 16.4. The zero-order valence-corrected chi connectivity index (χ0v) is 16.3. The van der Waals surface area contributed by atoms with Crippen LogP contribution >= 0.6 is 0 Å². The standard InChI is InChI=1S/C19H30BN3O4/c1-4-15(20(26)27)22-17(24)16(14-9-6-5-7-10-14)23-12-8-11-19(21,13(2)3)18(23)25/h5-7,9-10,13,15-16,26-27H,4,8,11-12,21H2,1-3H3,(H,22,24)/t15?,16-,19?/m0/s1. The van der Waals surface area contributed by atoms with Gasteiger partial charge in [-0.15, -0.1) is 0 Å². The van der Waals surface area contributed by atoms with Crippen molar-refractivity contribution in [1.82, 2.24) is 10.2 Å². The van der Waals surface area contributed by atoms with Crippen molar-refractivity contribution in [1.29, 1.82) is 0 Å². The van der Waals surface area contributed by atoms with E-state index >= 15 is 0 Å². The lowest BCUT2D eigenvalue weighted by atomic mass is 9.77. The molecule has 1 aromatic rings. The lowest BCUT2D eigenvalue weighted by Gasteiger charge is -2.44. The molecule has 1 fully saturated rings. The number of nitrogens with zero attached hydrogens (tertiary/aromatic N) is 1. The van der Waals surface area contributed by atoms with Crippen molar-refractivity contribution in [2.24, 2.45) is 11.7 Å². The second-order valence-electron chi connectivity index (χ2n) is 7.55. The van der Waals surface area contributed by atoms with Crippen LogP contribution in [-0.2, 0) is 9.59 Å². The summed E-state index contributed by atoms with van der Waals surface area (Å²) < 4.78 is 0. The Hall–Kier alpha value is -1.90. The second-order valence-corrected chi connectivity index (χ2v) is 7.55. The molecule has 1 saturated heterocycles. The highest BCUT2D eigenvalue weighted by molar-refractivity contribution is 6.43. The van der Waals surface area contributed by atoms with Gasteiger partial charge in [0, 0.05) is 6.54 Å². The minimum Gasteiger partial charge on any atom is -0.426 e. The molecule has 1 aliphatic heterocycles. The average Bonchev–Trinajstić information content (AvgIpc) is 2.64. The van der Waals surface area contributed by atoms with Gasteiger partial charge in [0.25, 0.3) is 0 Å². The molecule has 1 aliphatic rings. The summed E-state index contributed by atoms with van der Waals surface area (Å²) >= 11 is 0. The molecule has 0 aromatic heterocycles. The molecule has 0 bridgehead atoms. The van der Waals surface area contributed by atoms with E-state index in [9.17, 15) is 19.6 Å². The van der Waals surface area contributed by atoms with Gasteiger partial charge in [-0.25, -0.2) is 0 Å². The molecule has 0 spiro atoms. The topological polar surface area (TPSA) is 116 Å². The normalized spacial score (nSPS) is 22.5. The van der Waals surface area contributed by atoms with Crippen LogP contribution in [0.3, 0.4) is 0 Å². The minimum absolute atomic E-state index is 0.0602. The number of amides is 2. The van der Waals surface area contributed by atoms with Gasteiger partial charge in [0.1, 0.15) is 6.04 Å². The lowest BCUT2D eigenvalue weighted by Crippen LogP contribution is -2.64. The van der Waals surface area contributed by atoms with Crippen LogP contribution in [0.4, 0.5) is 0 Å². The predicted molar refractivity (Wildman–Crippen MR) is 104 cm³/mol. The summed E-state index contributed by atoms with van der Waals surface area (Å²) in [4.78, 5) is 27.8. The molecule has 7 nitrogen and oxygen atoms in total. The fourth-order valence-corrected chi connectivity index (χ4v) is 3.56. The number of piperidine rings is 1. The van der Waals surface area contributed by atoms with Crippen LogP contribution in [0.15, 0.2) is 30.3 Å². The van der Waals surface area contributed by atoms with E-state index in [0.29, 0.717) is 31.4 Å². The highest BCUT2D eigenvalue weighted by Gasteiger charge is 2.47. The number of hydrogen-bond donors (Lipinski definition) is 4. The van der Waals surface area contributed by atoms with Gasteiger partial charge in [-0.2, -0.15) is 0 Å². The van der Waals surface area contributed by atoms with E-state index in [2.05, 4.69) is 5.32 Å². The van der Waals surface area contributed by atoms with Gasteiger partial charge in [0.15, 0.2) is 0 Å². The molecule has 8 heteroatoms. The molecule has 0 saturated carbocycles. The van der Waals surface area contributed by atoms with Crippen LogP contribution in [0.25, 0.3) is 0 Å². The number of hydrogen-bond acceptors (Lipinski definition) is 5. The van der Waals surface area contributed by atoms with Crippen molar-refractivity contribution < 1.29 is 19.6 Å². The quantitative estimate of drug-likeness (QED) is 0.521. The molecule has 5 N–H and O–H groups in total. The third kappa shape index (κ3) is 4.51. The average molecular weight is 375 g/mol. The first-order chi connectivity index (χ1) is 12.7. The van der Waals surface area contributed by atoms with Gasteiger partial charge in [-0.1, -0.05) is 51.1 Å². The summed E-state index contributed by atoms with van der Waals surface area (Å²) in [6.07, 6.45) is 1.64. The van der Waals surface area contributed by atoms with Crippen molar-refractivity contribution >= 4 is 18.9 Å². The Morgan fingerprint density at radius 3 is 2.48 bits per heavy atom. The van der Waals surface area contributed by atoms with E-state index in [-0.39, 0.29) is 11.8 Å². The lowest BCUT2D eigenvalue weighted by molar-refractivity contribution is -0.150. The van der Waals surface area contributed by atoms with Gasteiger partial charge in [0.05, 0.1) is 11.5 Å². The highest BCUT2D eigenvalue weighted by Crippen LogP contribution is 2.33. The van der Waals surface area contributed by atoms with E-state index < -0.39 is 30.5 Å².